The fraction of sp³-hybridized carbons (Fsp3) is 0.667. The summed E-state index contributed by atoms with van der Waals surface area (Å²) in [6.45, 7) is 4.34. The largest absolute Gasteiger partial charge is 0.294 e. The number of piperazine rings is 2. The van der Waals surface area contributed by atoms with Gasteiger partial charge in [-0.25, -0.2) is 0 Å². The minimum Gasteiger partial charge on any atom is -0.294 e. The molecule has 0 aromatic rings. The van der Waals surface area contributed by atoms with Crippen LogP contribution in [-0.4, -0.2) is 71.7 Å². The summed E-state index contributed by atoms with van der Waals surface area (Å²) in [5.74, 6) is -1.30. The smallest absolute Gasteiger partial charge is 0.240 e. The molecular weight excluding hydrogens is 264 g/mol. The quantitative estimate of drug-likeness (QED) is 0.564. The maximum absolute atomic E-state index is 11.4. The van der Waals surface area contributed by atoms with Crippen LogP contribution in [0.5, 0.6) is 0 Å². The maximum atomic E-state index is 11.4. The van der Waals surface area contributed by atoms with Crippen molar-refractivity contribution in [3.05, 3.63) is 0 Å². The van der Waals surface area contributed by atoms with Crippen molar-refractivity contribution in [2.24, 2.45) is 0 Å². The molecule has 0 aromatic heterocycles. The van der Waals surface area contributed by atoms with Crippen molar-refractivity contribution in [2.45, 2.75) is 25.9 Å². The van der Waals surface area contributed by atoms with Crippen molar-refractivity contribution < 1.29 is 19.2 Å². The summed E-state index contributed by atoms with van der Waals surface area (Å²) in [7, 11) is 0. The zero-order valence-corrected chi connectivity index (χ0v) is 11.5. The lowest BCUT2D eigenvalue weighted by Gasteiger charge is -2.40. The summed E-state index contributed by atoms with van der Waals surface area (Å²) in [4.78, 5) is 49.0. The fourth-order valence-corrected chi connectivity index (χ4v) is 2.50. The van der Waals surface area contributed by atoms with Crippen LogP contribution in [0.3, 0.4) is 0 Å². The van der Waals surface area contributed by atoms with Gasteiger partial charge in [0.2, 0.25) is 23.6 Å². The Labute approximate surface area is 116 Å². The van der Waals surface area contributed by atoms with Gasteiger partial charge in [0.15, 0.2) is 0 Å². The van der Waals surface area contributed by atoms with Crippen LogP contribution >= 0.6 is 0 Å². The second kappa shape index (κ2) is 5.68. The molecule has 8 nitrogen and oxygen atoms in total. The summed E-state index contributed by atoms with van der Waals surface area (Å²) < 4.78 is 0. The van der Waals surface area contributed by atoms with Gasteiger partial charge in [0, 0.05) is 12.1 Å². The second-order valence-corrected chi connectivity index (χ2v) is 5.23. The van der Waals surface area contributed by atoms with Gasteiger partial charge in [0.05, 0.1) is 26.2 Å². The summed E-state index contributed by atoms with van der Waals surface area (Å²) in [5.41, 5.74) is 0. The second-order valence-electron chi connectivity index (χ2n) is 5.23. The summed E-state index contributed by atoms with van der Waals surface area (Å²) in [6.07, 6.45) is 0. The predicted octanol–water partition coefficient (Wildman–Crippen LogP) is -2.32. The van der Waals surface area contributed by atoms with Gasteiger partial charge in [-0.15, -0.1) is 0 Å². The van der Waals surface area contributed by atoms with Crippen LogP contribution < -0.4 is 10.6 Å². The standard InChI is InChI=1S/C12H18N4O4/c1-7(15-3-9(17)13-10(18)4-15)8(2)16-5-11(19)14-12(20)6-16/h7-8H,3-6H2,1-2H3,(H,13,17,18)(H,14,19,20)/t7-,8?/m1/s1. The monoisotopic (exact) mass is 282 g/mol. The summed E-state index contributed by atoms with van der Waals surface area (Å²) >= 11 is 0. The molecule has 0 aromatic carbocycles. The van der Waals surface area contributed by atoms with Crippen molar-refractivity contribution in [2.75, 3.05) is 26.2 Å². The Kier molecular flexibility index (Phi) is 4.15. The molecule has 110 valence electrons. The topological polar surface area (TPSA) is 98.8 Å². The van der Waals surface area contributed by atoms with Crippen LogP contribution in [0.25, 0.3) is 0 Å². The van der Waals surface area contributed by atoms with Crippen LogP contribution in [0.15, 0.2) is 0 Å². The zero-order valence-electron chi connectivity index (χ0n) is 11.5. The van der Waals surface area contributed by atoms with Gasteiger partial charge >= 0.3 is 0 Å². The molecular formula is C12H18N4O4. The van der Waals surface area contributed by atoms with E-state index in [0.717, 1.165) is 0 Å². The highest BCUT2D eigenvalue weighted by Crippen LogP contribution is 2.13. The molecule has 1 unspecified atom stereocenters. The molecule has 2 fully saturated rings. The number of hydrogen-bond acceptors (Lipinski definition) is 6. The molecule has 0 saturated carbocycles. The number of carbonyl (C=O) groups is 4. The number of carbonyl (C=O) groups excluding carboxylic acids is 4. The van der Waals surface area contributed by atoms with E-state index in [1.54, 1.807) is 9.80 Å². The Balaban J connectivity index is 2.02. The molecule has 8 heteroatoms. The van der Waals surface area contributed by atoms with Gasteiger partial charge in [-0.05, 0) is 13.8 Å². The van der Waals surface area contributed by atoms with Gasteiger partial charge < -0.3 is 0 Å². The van der Waals surface area contributed by atoms with E-state index in [2.05, 4.69) is 10.6 Å². The molecule has 4 amide bonds. The first-order chi connectivity index (χ1) is 9.36. The summed E-state index contributed by atoms with van der Waals surface area (Å²) in [6, 6.07) is -0.243. The first-order valence-corrected chi connectivity index (χ1v) is 6.50. The lowest BCUT2D eigenvalue weighted by molar-refractivity contribution is -0.141. The number of rotatable bonds is 3. The van der Waals surface area contributed by atoms with Crippen molar-refractivity contribution >= 4 is 23.6 Å². The molecule has 2 heterocycles. The Morgan fingerprint density at radius 1 is 0.700 bits per heavy atom. The third-order valence-electron chi connectivity index (χ3n) is 3.79. The molecule has 0 spiro atoms. The van der Waals surface area contributed by atoms with Crippen LogP contribution in [0, 0.1) is 0 Å². The van der Waals surface area contributed by atoms with Crippen LogP contribution in [0.4, 0.5) is 0 Å². The van der Waals surface area contributed by atoms with Crippen molar-refractivity contribution in [1.29, 1.82) is 0 Å². The third kappa shape index (κ3) is 3.20. The van der Waals surface area contributed by atoms with Crippen molar-refractivity contribution in [3.63, 3.8) is 0 Å². The molecule has 0 aliphatic carbocycles. The SMILES string of the molecule is CC([C@@H](C)N1CC(=O)NC(=O)C1)N1CC(=O)NC(=O)C1. The highest BCUT2D eigenvalue weighted by molar-refractivity contribution is 6.00. The van der Waals surface area contributed by atoms with Crippen molar-refractivity contribution in [1.82, 2.24) is 20.4 Å². The average Bonchev–Trinajstić information content (AvgIpc) is 2.34. The van der Waals surface area contributed by atoms with E-state index in [1.165, 1.54) is 0 Å². The first-order valence-electron chi connectivity index (χ1n) is 6.50. The van der Waals surface area contributed by atoms with E-state index >= 15 is 0 Å². The van der Waals surface area contributed by atoms with E-state index in [4.69, 9.17) is 0 Å². The normalized spacial score (nSPS) is 25.1. The Morgan fingerprint density at radius 3 is 1.20 bits per heavy atom. The third-order valence-corrected chi connectivity index (χ3v) is 3.79. The van der Waals surface area contributed by atoms with Gasteiger partial charge in [0.1, 0.15) is 0 Å². The van der Waals surface area contributed by atoms with Gasteiger partial charge in [-0.1, -0.05) is 0 Å². The summed E-state index contributed by atoms with van der Waals surface area (Å²) in [5, 5.41) is 4.49. The van der Waals surface area contributed by atoms with E-state index in [-0.39, 0.29) is 61.9 Å². The first kappa shape index (κ1) is 14.6. The molecule has 2 rings (SSSR count). The molecule has 2 N–H and O–H groups in total. The number of imide groups is 2. The number of nitrogens with zero attached hydrogens (tertiary/aromatic N) is 2. The molecule has 2 saturated heterocycles. The average molecular weight is 282 g/mol. The zero-order chi connectivity index (χ0) is 14.9. The molecule has 0 bridgehead atoms. The Morgan fingerprint density at radius 2 is 0.950 bits per heavy atom. The lowest BCUT2D eigenvalue weighted by Crippen LogP contribution is -2.61. The van der Waals surface area contributed by atoms with E-state index in [1.807, 2.05) is 13.8 Å². The van der Waals surface area contributed by atoms with E-state index < -0.39 is 0 Å². The van der Waals surface area contributed by atoms with E-state index in [9.17, 15) is 19.2 Å². The fourth-order valence-electron chi connectivity index (χ4n) is 2.50. The predicted molar refractivity (Wildman–Crippen MR) is 68.4 cm³/mol. The highest BCUT2D eigenvalue weighted by atomic mass is 16.2. The molecule has 0 radical (unpaired) electrons. The molecule has 2 atom stereocenters. The molecule has 2 aliphatic heterocycles. The Hall–Kier alpha value is -1.80. The maximum Gasteiger partial charge on any atom is 0.240 e. The van der Waals surface area contributed by atoms with Crippen molar-refractivity contribution in [3.8, 4) is 0 Å². The molecule has 20 heavy (non-hydrogen) atoms. The van der Waals surface area contributed by atoms with Crippen LogP contribution in [-0.2, 0) is 19.2 Å². The number of hydrogen-bond donors (Lipinski definition) is 2. The number of amides is 4. The lowest BCUT2D eigenvalue weighted by atomic mass is 10.1. The van der Waals surface area contributed by atoms with Gasteiger partial charge in [0.25, 0.3) is 0 Å². The molecule has 2 aliphatic rings. The van der Waals surface area contributed by atoms with Gasteiger partial charge in [-0.3, -0.25) is 39.6 Å². The van der Waals surface area contributed by atoms with Gasteiger partial charge in [-0.2, -0.15) is 0 Å². The Bertz CT molecular complexity index is 390. The highest BCUT2D eigenvalue weighted by Gasteiger charge is 2.34. The number of nitrogens with one attached hydrogen (secondary N) is 2. The minimum atomic E-state index is -0.326. The van der Waals surface area contributed by atoms with E-state index in [0.29, 0.717) is 0 Å². The van der Waals surface area contributed by atoms with Crippen LogP contribution in [0.2, 0.25) is 0 Å². The minimum absolute atomic E-state index is 0.122. The van der Waals surface area contributed by atoms with Crippen LogP contribution in [0.1, 0.15) is 13.8 Å².